The second-order valence-corrected chi connectivity index (χ2v) is 12.1. The second-order valence-electron chi connectivity index (χ2n) is 8.45. The van der Waals surface area contributed by atoms with E-state index >= 15 is 0 Å². The minimum Gasteiger partial charge on any atom is -0.379 e. The molecular formula is C25H27N3O6S2. The van der Waals surface area contributed by atoms with Crippen LogP contribution in [0.2, 0.25) is 0 Å². The maximum atomic E-state index is 13.0. The number of rotatable bonds is 7. The molecule has 0 atom stereocenters. The number of carbonyl (C=O) groups excluding carboxylic acids is 1. The summed E-state index contributed by atoms with van der Waals surface area (Å²) in [7, 11) is -7.57. The Morgan fingerprint density at radius 1 is 0.833 bits per heavy atom. The summed E-state index contributed by atoms with van der Waals surface area (Å²) in [5.41, 5.74) is 2.56. The van der Waals surface area contributed by atoms with E-state index < -0.39 is 26.0 Å². The number of aryl methyl sites for hydroxylation is 2. The van der Waals surface area contributed by atoms with Crippen molar-refractivity contribution in [3.63, 3.8) is 0 Å². The van der Waals surface area contributed by atoms with Crippen molar-refractivity contribution in [2.45, 2.75) is 23.6 Å². The van der Waals surface area contributed by atoms with Gasteiger partial charge in [-0.25, -0.2) is 16.8 Å². The molecule has 0 aromatic heterocycles. The van der Waals surface area contributed by atoms with Gasteiger partial charge in [-0.05, 0) is 73.5 Å². The quantitative estimate of drug-likeness (QED) is 0.484. The molecule has 1 saturated heterocycles. The summed E-state index contributed by atoms with van der Waals surface area (Å²) < 4.78 is 60.5. The number of anilines is 2. The summed E-state index contributed by atoms with van der Waals surface area (Å²) in [6.45, 7) is 4.74. The highest BCUT2D eigenvalue weighted by Gasteiger charge is 2.27. The zero-order valence-corrected chi connectivity index (χ0v) is 21.5. The van der Waals surface area contributed by atoms with Gasteiger partial charge in [0.15, 0.2) is 0 Å². The average Bonchev–Trinajstić information content (AvgIpc) is 2.85. The van der Waals surface area contributed by atoms with E-state index in [4.69, 9.17) is 4.74 Å². The maximum absolute atomic E-state index is 13.0. The summed E-state index contributed by atoms with van der Waals surface area (Å²) in [5, 5.41) is 2.71. The molecule has 1 fully saturated rings. The molecule has 0 unspecified atom stereocenters. The third-order valence-electron chi connectivity index (χ3n) is 5.75. The van der Waals surface area contributed by atoms with Gasteiger partial charge >= 0.3 is 0 Å². The molecule has 0 spiro atoms. The van der Waals surface area contributed by atoms with Crippen molar-refractivity contribution in [1.29, 1.82) is 0 Å². The SMILES string of the molecule is Cc1cccc(NS(=O)(=O)c2ccc(NC(=O)c3cc(S(=O)(=O)N4CCOCC4)ccc3C)cc2)c1. The lowest BCUT2D eigenvalue weighted by Crippen LogP contribution is -2.40. The Balaban J connectivity index is 1.50. The molecule has 2 N–H and O–H groups in total. The minimum atomic E-state index is -3.81. The van der Waals surface area contributed by atoms with Crippen LogP contribution in [-0.4, -0.2) is 53.4 Å². The molecule has 4 rings (SSSR count). The molecule has 3 aromatic carbocycles. The van der Waals surface area contributed by atoms with Crippen molar-refractivity contribution in [1.82, 2.24) is 4.31 Å². The fourth-order valence-corrected chi connectivity index (χ4v) is 6.26. The van der Waals surface area contributed by atoms with Crippen LogP contribution < -0.4 is 10.0 Å². The van der Waals surface area contributed by atoms with Gasteiger partial charge in [0.2, 0.25) is 10.0 Å². The normalized spacial score (nSPS) is 14.8. The van der Waals surface area contributed by atoms with Crippen LogP contribution in [0, 0.1) is 13.8 Å². The van der Waals surface area contributed by atoms with Gasteiger partial charge in [0.05, 0.1) is 23.0 Å². The lowest BCUT2D eigenvalue weighted by Gasteiger charge is -2.26. The molecule has 1 amide bonds. The fourth-order valence-electron chi connectivity index (χ4n) is 3.78. The van der Waals surface area contributed by atoms with Gasteiger partial charge in [-0.2, -0.15) is 4.31 Å². The molecule has 0 bridgehead atoms. The first kappa shape index (κ1) is 25.8. The third-order valence-corrected chi connectivity index (χ3v) is 9.05. The smallest absolute Gasteiger partial charge is 0.261 e. The van der Waals surface area contributed by atoms with Gasteiger partial charge in [0.25, 0.3) is 15.9 Å². The number of hydrogen-bond acceptors (Lipinski definition) is 6. The highest BCUT2D eigenvalue weighted by atomic mass is 32.2. The van der Waals surface area contributed by atoms with Crippen LogP contribution in [0.4, 0.5) is 11.4 Å². The number of sulfonamides is 2. The van der Waals surface area contributed by atoms with E-state index in [1.165, 1.54) is 40.7 Å². The van der Waals surface area contributed by atoms with E-state index in [0.29, 0.717) is 30.2 Å². The Labute approximate surface area is 211 Å². The summed E-state index contributed by atoms with van der Waals surface area (Å²) in [4.78, 5) is 13.0. The Bertz CT molecular complexity index is 1480. The largest absolute Gasteiger partial charge is 0.379 e. The van der Waals surface area contributed by atoms with Crippen LogP contribution in [0.25, 0.3) is 0 Å². The second kappa shape index (κ2) is 10.4. The van der Waals surface area contributed by atoms with E-state index in [0.717, 1.165) is 5.56 Å². The minimum absolute atomic E-state index is 0.0313. The first-order valence-corrected chi connectivity index (χ1v) is 14.2. The molecule has 0 radical (unpaired) electrons. The molecule has 1 aliphatic rings. The summed E-state index contributed by atoms with van der Waals surface area (Å²) in [5.74, 6) is -0.500. The van der Waals surface area contributed by atoms with Crippen LogP contribution in [0.1, 0.15) is 21.5 Å². The maximum Gasteiger partial charge on any atom is 0.261 e. The first-order valence-electron chi connectivity index (χ1n) is 11.3. The first-order chi connectivity index (χ1) is 17.1. The molecule has 1 heterocycles. The summed E-state index contributed by atoms with van der Waals surface area (Å²) in [6.07, 6.45) is 0. The van der Waals surface area contributed by atoms with E-state index in [-0.39, 0.29) is 28.4 Å². The number of hydrogen-bond donors (Lipinski definition) is 2. The van der Waals surface area contributed by atoms with Crippen molar-refractivity contribution in [3.05, 3.63) is 83.4 Å². The zero-order valence-electron chi connectivity index (χ0n) is 19.9. The predicted molar refractivity (Wildman–Crippen MR) is 137 cm³/mol. The number of amides is 1. The molecule has 190 valence electrons. The lowest BCUT2D eigenvalue weighted by atomic mass is 10.1. The molecule has 1 aliphatic heterocycles. The van der Waals surface area contributed by atoms with Crippen molar-refractivity contribution < 1.29 is 26.4 Å². The average molecular weight is 530 g/mol. The van der Waals surface area contributed by atoms with Crippen LogP contribution in [0.3, 0.4) is 0 Å². The summed E-state index contributed by atoms with van der Waals surface area (Å²) in [6, 6.07) is 17.2. The van der Waals surface area contributed by atoms with Gasteiger partial charge in [0, 0.05) is 30.0 Å². The van der Waals surface area contributed by atoms with Gasteiger partial charge in [-0.3, -0.25) is 9.52 Å². The van der Waals surface area contributed by atoms with Gasteiger partial charge in [-0.15, -0.1) is 0 Å². The molecule has 9 nitrogen and oxygen atoms in total. The van der Waals surface area contributed by atoms with Crippen molar-refractivity contribution in [2.24, 2.45) is 0 Å². The Kier molecular flexibility index (Phi) is 7.46. The number of morpholine rings is 1. The fraction of sp³-hybridized carbons (Fsp3) is 0.240. The Morgan fingerprint density at radius 3 is 2.17 bits per heavy atom. The molecule has 3 aromatic rings. The molecule has 0 saturated carbocycles. The van der Waals surface area contributed by atoms with Crippen molar-refractivity contribution >= 4 is 37.3 Å². The Hall–Kier alpha value is -3.25. The van der Waals surface area contributed by atoms with Gasteiger partial charge < -0.3 is 10.1 Å². The number of ether oxygens (including phenoxy) is 1. The predicted octanol–water partition coefficient (Wildman–Crippen LogP) is 3.38. The highest BCUT2D eigenvalue weighted by Crippen LogP contribution is 2.23. The number of nitrogens with one attached hydrogen (secondary N) is 2. The van der Waals surface area contributed by atoms with E-state index in [9.17, 15) is 21.6 Å². The third kappa shape index (κ3) is 5.76. The number of carbonyl (C=O) groups is 1. The molecule has 11 heteroatoms. The van der Waals surface area contributed by atoms with E-state index in [1.807, 2.05) is 13.0 Å². The highest BCUT2D eigenvalue weighted by molar-refractivity contribution is 7.92. The zero-order chi connectivity index (χ0) is 25.9. The summed E-state index contributed by atoms with van der Waals surface area (Å²) >= 11 is 0. The topological polar surface area (TPSA) is 122 Å². The molecular weight excluding hydrogens is 502 g/mol. The van der Waals surface area contributed by atoms with Crippen LogP contribution in [0.15, 0.2) is 76.5 Å². The van der Waals surface area contributed by atoms with Crippen LogP contribution >= 0.6 is 0 Å². The van der Waals surface area contributed by atoms with E-state index in [1.54, 1.807) is 31.2 Å². The van der Waals surface area contributed by atoms with Gasteiger partial charge in [0.1, 0.15) is 0 Å². The number of nitrogens with zero attached hydrogens (tertiary/aromatic N) is 1. The number of benzene rings is 3. The van der Waals surface area contributed by atoms with Crippen molar-refractivity contribution in [3.8, 4) is 0 Å². The van der Waals surface area contributed by atoms with Crippen molar-refractivity contribution in [2.75, 3.05) is 36.3 Å². The molecule has 36 heavy (non-hydrogen) atoms. The molecule has 0 aliphatic carbocycles. The van der Waals surface area contributed by atoms with Crippen LogP contribution in [0.5, 0.6) is 0 Å². The van der Waals surface area contributed by atoms with E-state index in [2.05, 4.69) is 10.0 Å². The Morgan fingerprint density at radius 2 is 1.50 bits per heavy atom. The lowest BCUT2D eigenvalue weighted by molar-refractivity contribution is 0.0730. The standard InChI is InChI=1S/C25H27N3O6S2/c1-18-4-3-5-21(16-18)27-35(30,31)22-10-7-20(8-11-22)26-25(29)24-17-23(9-6-19(24)2)36(32,33)28-12-14-34-15-13-28/h3-11,16-17,27H,12-15H2,1-2H3,(H,26,29). The van der Waals surface area contributed by atoms with Gasteiger partial charge in [-0.1, -0.05) is 18.2 Å². The monoisotopic (exact) mass is 529 g/mol. The van der Waals surface area contributed by atoms with Crippen LogP contribution in [-0.2, 0) is 24.8 Å².